The van der Waals surface area contributed by atoms with Gasteiger partial charge in [0, 0.05) is 17.1 Å². The van der Waals surface area contributed by atoms with E-state index in [2.05, 4.69) is 20.7 Å². The number of sulfonamides is 1. The molecule has 0 aliphatic carbocycles. The van der Waals surface area contributed by atoms with Crippen LogP contribution in [0.15, 0.2) is 57.9 Å². The second-order valence-corrected chi connectivity index (χ2v) is 7.38. The van der Waals surface area contributed by atoms with E-state index in [-0.39, 0.29) is 10.9 Å². The summed E-state index contributed by atoms with van der Waals surface area (Å²) in [6, 6.07) is 13.9. The van der Waals surface area contributed by atoms with E-state index in [1.165, 1.54) is 0 Å². The third-order valence-electron chi connectivity index (χ3n) is 3.15. The van der Waals surface area contributed by atoms with Gasteiger partial charge < -0.3 is 5.73 Å². The standard InChI is InChI=1S/C15H17BrN2O2S/c1-11(13-5-7-14(16)8-6-13)18-21(19,20)15-4-2-3-12(9-15)10-17/h2-9,11,18H,10,17H2,1H3. The van der Waals surface area contributed by atoms with Gasteiger partial charge in [0.15, 0.2) is 0 Å². The quantitative estimate of drug-likeness (QED) is 0.851. The molecule has 2 aromatic carbocycles. The van der Waals surface area contributed by atoms with Crippen molar-refractivity contribution in [1.82, 2.24) is 4.72 Å². The molecule has 0 bridgehead atoms. The lowest BCUT2D eigenvalue weighted by Crippen LogP contribution is -2.27. The number of hydrogen-bond acceptors (Lipinski definition) is 3. The molecule has 0 fully saturated rings. The maximum atomic E-state index is 12.4. The van der Waals surface area contributed by atoms with E-state index in [4.69, 9.17) is 5.73 Å². The summed E-state index contributed by atoms with van der Waals surface area (Å²) in [5.74, 6) is 0. The van der Waals surface area contributed by atoms with Gasteiger partial charge in [0.2, 0.25) is 10.0 Å². The molecule has 2 aromatic rings. The lowest BCUT2D eigenvalue weighted by atomic mass is 10.1. The zero-order valence-corrected chi connectivity index (χ0v) is 14.0. The lowest BCUT2D eigenvalue weighted by Gasteiger charge is -2.15. The smallest absolute Gasteiger partial charge is 0.241 e. The molecule has 0 amide bonds. The molecule has 6 heteroatoms. The maximum Gasteiger partial charge on any atom is 0.241 e. The monoisotopic (exact) mass is 368 g/mol. The Bertz CT molecular complexity index is 715. The number of nitrogens with two attached hydrogens (primary N) is 1. The lowest BCUT2D eigenvalue weighted by molar-refractivity contribution is 0.567. The SMILES string of the molecule is CC(NS(=O)(=O)c1cccc(CN)c1)c1ccc(Br)cc1. The molecule has 0 saturated carbocycles. The molecule has 1 atom stereocenters. The Hall–Kier alpha value is -1.21. The number of benzene rings is 2. The molecule has 112 valence electrons. The Balaban J connectivity index is 2.22. The van der Waals surface area contributed by atoms with Gasteiger partial charge in [0.25, 0.3) is 0 Å². The molecule has 3 N–H and O–H groups in total. The van der Waals surface area contributed by atoms with Gasteiger partial charge in [0.05, 0.1) is 4.90 Å². The van der Waals surface area contributed by atoms with Crippen molar-refractivity contribution in [2.75, 3.05) is 0 Å². The van der Waals surface area contributed by atoms with E-state index in [1.54, 1.807) is 24.3 Å². The highest BCUT2D eigenvalue weighted by Crippen LogP contribution is 2.19. The highest BCUT2D eigenvalue weighted by molar-refractivity contribution is 9.10. The summed E-state index contributed by atoms with van der Waals surface area (Å²) < 4.78 is 28.4. The van der Waals surface area contributed by atoms with Crippen molar-refractivity contribution < 1.29 is 8.42 Å². The fraction of sp³-hybridized carbons (Fsp3) is 0.200. The predicted octanol–water partition coefficient (Wildman–Crippen LogP) is 2.95. The van der Waals surface area contributed by atoms with E-state index in [0.717, 1.165) is 15.6 Å². The predicted molar refractivity (Wildman–Crippen MR) is 87.2 cm³/mol. The minimum atomic E-state index is -3.57. The summed E-state index contributed by atoms with van der Waals surface area (Å²) in [4.78, 5) is 0.231. The molecule has 0 aliphatic rings. The van der Waals surface area contributed by atoms with Crippen LogP contribution >= 0.6 is 15.9 Å². The first-order valence-electron chi connectivity index (χ1n) is 6.49. The van der Waals surface area contributed by atoms with Gasteiger partial charge in [-0.2, -0.15) is 0 Å². The fourth-order valence-corrected chi connectivity index (χ4v) is 3.53. The Morgan fingerprint density at radius 1 is 1.19 bits per heavy atom. The Morgan fingerprint density at radius 2 is 1.86 bits per heavy atom. The van der Waals surface area contributed by atoms with Crippen LogP contribution < -0.4 is 10.5 Å². The third kappa shape index (κ3) is 4.14. The second kappa shape index (κ2) is 6.70. The molecule has 0 aromatic heterocycles. The Morgan fingerprint density at radius 3 is 2.48 bits per heavy atom. The van der Waals surface area contributed by atoms with E-state index in [0.29, 0.717) is 6.54 Å². The zero-order valence-electron chi connectivity index (χ0n) is 11.6. The minimum absolute atomic E-state index is 0.231. The van der Waals surface area contributed by atoms with Crippen molar-refractivity contribution in [2.24, 2.45) is 5.73 Å². The number of nitrogens with one attached hydrogen (secondary N) is 1. The van der Waals surface area contributed by atoms with Crippen molar-refractivity contribution in [1.29, 1.82) is 0 Å². The van der Waals surface area contributed by atoms with Gasteiger partial charge in [-0.25, -0.2) is 13.1 Å². The van der Waals surface area contributed by atoms with Gasteiger partial charge in [-0.1, -0.05) is 40.2 Å². The van der Waals surface area contributed by atoms with Crippen molar-refractivity contribution >= 4 is 26.0 Å². The molecule has 4 nitrogen and oxygen atoms in total. The first-order chi connectivity index (χ1) is 9.92. The molecule has 0 heterocycles. The van der Waals surface area contributed by atoms with Gasteiger partial charge in [-0.15, -0.1) is 0 Å². The van der Waals surface area contributed by atoms with Gasteiger partial charge in [0.1, 0.15) is 0 Å². The first kappa shape index (κ1) is 16.2. The van der Waals surface area contributed by atoms with E-state index < -0.39 is 10.0 Å². The Kier molecular flexibility index (Phi) is 5.16. The van der Waals surface area contributed by atoms with Crippen LogP contribution in [0.25, 0.3) is 0 Å². The van der Waals surface area contributed by atoms with Gasteiger partial charge in [-0.05, 0) is 42.3 Å². The molecule has 0 radical (unpaired) electrons. The topological polar surface area (TPSA) is 72.2 Å². The van der Waals surface area contributed by atoms with Crippen molar-refractivity contribution in [3.05, 3.63) is 64.1 Å². The Labute approximate surface area is 133 Å². The number of rotatable bonds is 5. The highest BCUT2D eigenvalue weighted by Gasteiger charge is 2.18. The first-order valence-corrected chi connectivity index (χ1v) is 8.77. The fourth-order valence-electron chi connectivity index (χ4n) is 1.96. The van der Waals surface area contributed by atoms with Crippen LogP contribution in [-0.4, -0.2) is 8.42 Å². The summed E-state index contributed by atoms with van der Waals surface area (Å²) >= 11 is 3.36. The van der Waals surface area contributed by atoms with Crippen molar-refractivity contribution in [3.63, 3.8) is 0 Å². The maximum absolute atomic E-state index is 12.4. The molecular formula is C15H17BrN2O2S. The summed E-state index contributed by atoms with van der Waals surface area (Å²) in [6.45, 7) is 2.12. The van der Waals surface area contributed by atoms with E-state index in [1.807, 2.05) is 31.2 Å². The van der Waals surface area contributed by atoms with Crippen molar-refractivity contribution in [2.45, 2.75) is 24.4 Å². The third-order valence-corrected chi connectivity index (χ3v) is 5.21. The molecule has 0 spiro atoms. The van der Waals surface area contributed by atoms with Crippen LogP contribution in [-0.2, 0) is 16.6 Å². The average Bonchev–Trinajstić information content (AvgIpc) is 2.47. The van der Waals surface area contributed by atoms with Crippen LogP contribution in [0.1, 0.15) is 24.1 Å². The summed E-state index contributed by atoms with van der Waals surface area (Å²) in [5, 5.41) is 0. The molecular weight excluding hydrogens is 352 g/mol. The van der Waals surface area contributed by atoms with E-state index >= 15 is 0 Å². The van der Waals surface area contributed by atoms with Gasteiger partial charge >= 0.3 is 0 Å². The number of hydrogen-bond donors (Lipinski definition) is 2. The average molecular weight is 369 g/mol. The van der Waals surface area contributed by atoms with Crippen LogP contribution in [0.3, 0.4) is 0 Å². The molecule has 21 heavy (non-hydrogen) atoms. The van der Waals surface area contributed by atoms with Crippen LogP contribution in [0.4, 0.5) is 0 Å². The highest BCUT2D eigenvalue weighted by atomic mass is 79.9. The molecule has 0 saturated heterocycles. The molecule has 1 unspecified atom stereocenters. The summed E-state index contributed by atoms with van der Waals surface area (Å²) in [5.41, 5.74) is 7.23. The van der Waals surface area contributed by atoms with Crippen LogP contribution in [0.5, 0.6) is 0 Å². The molecule has 2 rings (SSSR count). The summed E-state index contributed by atoms with van der Waals surface area (Å²) in [7, 11) is -3.57. The second-order valence-electron chi connectivity index (χ2n) is 4.75. The van der Waals surface area contributed by atoms with Gasteiger partial charge in [-0.3, -0.25) is 0 Å². The van der Waals surface area contributed by atoms with Crippen molar-refractivity contribution in [3.8, 4) is 0 Å². The summed E-state index contributed by atoms with van der Waals surface area (Å²) in [6.07, 6.45) is 0. The van der Waals surface area contributed by atoms with Crippen LogP contribution in [0.2, 0.25) is 0 Å². The minimum Gasteiger partial charge on any atom is -0.326 e. The number of halogens is 1. The normalized spacial score (nSPS) is 13.1. The van der Waals surface area contributed by atoms with Crippen LogP contribution in [0, 0.1) is 0 Å². The largest absolute Gasteiger partial charge is 0.326 e. The molecule has 0 aliphatic heterocycles. The zero-order chi connectivity index (χ0) is 15.5. The van der Waals surface area contributed by atoms with E-state index in [9.17, 15) is 8.42 Å².